The molecule has 1 unspecified atom stereocenters. The first-order chi connectivity index (χ1) is 9.11. The maximum absolute atomic E-state index is 14.3. The van der Waals surface area contributed by atoms with Crippen LogP contribution in [0.4, 0.5) is 10.2 Å². The van der Waals surface area contributed by atoms with Gasteiger partial charge in [-0.05, 0) is 39.0 Å². The molecular weight excluding hydrogens is 243 g/mol. The van der Waals surface area contributed by atoms with Crippen LogP contribution >= 0.6 is 0 Å². The normalized spacial score (nSPS) is 19.9. The van der Waals surface area contributed by atoms with E-state index in [2.05, 4.69) is 22.2 Å². The third-order valence-electron chi connectivity index (χ3n) is 3.70. The van der Waals surface area contributed by atoms with Crippen LogP contribution < -0.4 is 10.2 Å². The van der Waals surface area contributed by atoms with Gasteiger partial charge in [-0.1, -0.05) is 0 Å². The minimum absolute atomic E-state index is 0.203. The van der Waals surface area contributed by atoms with Crippen molar-refractivity contribution in [2.45, 2.75) is 13.0 Å². The van der Waals surface area contributed by atoms with Gasteiger partial charge in [0.25, 0.3) is 0 Å². The Bertz CT molecular complexity index is 424. The summed E-state index contributed by atoms with van der Waals surface area (Å²) in [5.74, 6) is 0.858. The Hall–Kier alpha value is -1.20. The average molecular weight is 266 g/mol. The summed E-state index contributed by atoms with van der Waals surface area (Å²) < 4.78 is 14.3. The van der Waals surface area contributed by atoms with Gasteiger partial charge in [-0.2, -0.15) is 0 Å². The lowest BCUT2D eigenvalue weighted by Gasteiger charge is -2.23. The van der Waals surface area contributed by atoms with Crippen molar-refractivity contribution >= 4 is 5.82 Å². The Morgan fingerprint density at radius 1 is 1.58 bits per heavy atom. The molecule has 1 aromatic heterocycles. The highest BCUT2D eigenvalue weighted by molar-refractivity contribution is 5.42. The van der Waals surface area contributed by atoms with Crippen LogP contribution in [0.15, 0.2) is 12.3 Å². The van der Waals surface area contributed by atoms with Gasteiger partial charge >= 0.3 is 0 Å². The van der Waals surface area contributed by atoms with Gasteiger partial charge < -0.3 is 15.1 Å². The standard InChI is InChI=1S/C14H23FN4/c1-16-8-12-4-6-17-14(13(12)15)19(3)10-11-5-7-18(2)9-11/h4,6,11,16H,5,7-10H2,1-3H3. The Morgan fingerprint density at radius 2 is 2.37 bits per heavy atom. The lowest BCUT2D eigenvalue weighted by Crippen LogP contribution is -2.29. The first-order valence-corrected chi connectivity index (χ1v) is 6.79. The predicted octanol–water partition coefficient (Wildman–Crippen LogP) is 1.33. The van der Waals surface area contributed by atoms with Crippen LogP contribution in [0.5, 0.6) is 0 Å². The molecule has 1 saturated heterocycles. The van der Waals surface area contributed by atoms with Crippen molar-refractivity contribution in [3.8, 4) is 0 Å². The van der Waals surface area contributed by atoms with Crippen LogP contribution in [0.3, 0.4) is 0 Å². The van der Waals surface area contributed by atoms with Gasteiger partial charge in [0.2, 0.25) is 0 Å². The molecule has 0 amide bonds. The van der Waals surface area contributed by atoms with Gasteiger partial charge in [0, 0.05) is 38.4 Å². The summed E-state index contributed by atoms with van der Waals surface area (Å²) in [6.07, 6.45) is 2.86. The molecule has 1 aromatic rings. The fraction of sp³-hybridized carbons (Fsp3) is 0.643. The van der Waals surface area contributed by atoms with Gasteiger partial charge in [0.15, 0.2) is 11.6 Å². The molecule has 0 spiro atoms. The van der Waals surface area contributed by atoms with E-state index in [0.717, 1.165) is 19.6 Å². The van der Waals surface area contributed by atoms with Crippen LogP contribution in [0.2, 0.25) is 0 Å². The van der Waals surface area contributed by atoms with E-state index in [1.807, 2.05) is 19.0 Å². The molecular formula is C14H23FN4. The summed E-state index contributed by atoms with van der Waals surface area (Å²) in [5, 5.41) is 2.98. The Morgan fingerprint density at radius 3 is 3.00 bits per heavy atom. The first kappa shape index (κ1) is 14.2. The van der Waals surface area contributed by atoms with E-state index in [1.165, 1.54) is 6.42 Å². The zero-order valence-corrected chi connectivity index (χ0v) is 12.0. The Kier molecular flexibility index (Phi) is 4.71. The van der Waals surface area contributed by atoms with E-state index in [9.17, 15) is 4.39 Å². The molecule has 0 aliphatic carbocycles. The van der Waals surface area contributed by atoms with Crippen LogP contribution in [0, 0.1) is 11.7 Å². The number of likely N-dealkylation sites (tertiary alicyclic amines) is 1. The summed E-state index contributed by atoms with van der Waals surface area (Å²) in [5.41, 5.74) is 0.669. The number of halogens is 1. The molecule has 0 bridgehead atoms. The van der Waals surface area contributed by atoms with Crippen molar-refractivity contribution in [1.29, 1.82) is 0 Å². The van der Waals surface area contributed by atoms with Gasteiger partial charge in [-0.3, -0.25) is 0 Å². The van der Waals surface area contributed by atoms with Crippen molar-refractivity contribution in [3.63, 3.8) is 0 Å². The summed E-state index contributed by atoms with van der Waals surface area (Å²) in [7, 11) is 5.87. The number of anilines is 1. The van der Waals surface area contributed by atoms with Crippen molar-refractivity contribution in [1.82, 2.24) is 15.2 Å². The fourth-order valence-electron chi connectivity index (χ4n) is 2.71. The summed E-state index contributed by atoms with van der Waals surface area (Å²) >= 11 is 0. The van der Waals surface area contributed by atoms with Gasteiger partial charge in [-0.15, -0.1) is 0 Å². The van der Waals surface area contributed by atoms with Crippen LogP contribution in [-0.2, 0) is 6.54 Å². The molecule has 1 atom stereocenters. The van der Waals surface area contributed by atoms with Crippen LogP contribution in [-0.4, -0.2) is 50.7 Å². The molecule has 0 saturated carbocycles. The zero-order valence-electron chi connectivity index (χ0n) is 12.0. The van der Waals surface area contributed by atoms with Crippen molar-refractivity contribution in [3.05, 3.63) is 23.6 Å². The van der Waals surface area contributed by atoms with E-state index in [0.29, 0.717) is 23.8 Å². The SMILES string of the molecule is CNCc1ccnc(N(C)CC2CCN(C)C2)c1F. The average Bonchev–Trinajstić information content (AvgIpc) is 2.77. The van der Waals surface area contributed by atoms with E-state index in [4.69, 9.17) is 0 Å². The predicted molar refractivity (Wildman–Crippen MR) is 75.8 cm³/mol. The molecule has 0 radical (unpaired) electrons. The number of aromatic nitrogens is 1. The maximum Gasteiger partial charge on any atom is 0.170 e. The Balaban J connectivity index is 2.06. The van der Waals surface area contributed by atoms with Gasteiger partial charge in [0.05, 0.1) is 0 Å². The maximum atomic E-state index is 14.3. The van der Waals surface area contributed by atoms with Gasteiger partial charge in [-0.25, -0.2) is 9.37 Å². The molecule has 5 heteroatoms. The number of rotatable bonds is 5. The largest absolute Gasteiger partial charge is 0.357 e. The third-order valence-corrected chi connectivity index (χ3v) is 3.70. The second-order valence-electron chi connectivity index (χ2n) is 5.44. The molecule has 1 N–H and O–H groups in total. The van der Waals surface area contributed by atoms with E-state index in [-0.39, 0.29) is 5.82 Å². The molecule has 0 aromatic carbocycles. The highest BCUT2D eigenvalue weighted by atomic mass is 19.1. The van der Waals surface area contributed by atoms with E-state index >= 15 is 0 Å². The molecule has 1 aliphatic rings. The monoisotopic (exact) mass is 266 g/mol. The molecule has 1 fully saturated rings. The molecule has 1 aliphatic heterocycles. The highest BCUT2D eigenvalue weighted by Crippen LogP contribution is 2.22. The third kappa shape index (κ3) is 3.42. The molecule has 2 heterocycles. The molecule has 19 heavy (non-hydrogen) atoms. The van der Waals surface area contributed by atoms with Crippen LogP contribution in [0.25, 0.3) is 0 Å². The zero-order chi connectivity index (χ0) is 13.8. The van der Waals surface area contributed by atoms with E-state index in [1.54, 1.807) is 12.3 Å². The lowest BCUT2D eigenvalue weighted by atomic mass is 10.1. The Labute approximate surface area is 114 Å². The van der Waals surface area contributed by atoms with E-state index < -0.39 is 0 Å². The second-order valence-corrected chi connectivity index (χ2v) is 5.44. The minimum Gasteiger partial charge on any atom is -0.357 e. The second kappa shape index (κ2) is 6.30. The number of nitrogens with one attached hydrogen (secondary N) is 1. The quantitative estimate of drug-likeness (QED) is 0.871. The lowest BCUT2D eigenvalue weighted by molar-refractivity contribution is 0.395. The smallest absolute Gasteiger partial charge is 0.170 e. The number of hydrogen-bond acceptors (Lipinski definition) is 4. The summed E-state index contributed by atoms with van der Waals surface area (Å²) in [4.78, 5) is 8.45. The number of pyridine rings is 1. The highest BCUT2D eigenvalue weighted by Gasteiger charge is 2.22. The topological polar surface area (TPSA) is 31.4 Å². The molecule has 2 rings (SSSR count). The first-order valence-electron chi connectivity index (χ1n) is 6.79. The van der Waals surface area contributed by atoms with Crippen LogP contribution in [0.1, 0.15) is 12.0 Å². The number of hydrogen-bond donors (Lipinski definition) is 1. The van der Waals surface area contributed by atoms with Crippen molar-refractivity contribution < 1.29 is 4.39 Å². The summed E-state index contributed by atoms with van der Waals surface area (Å²) in [6, 6.07) is 1.73. The van der Waals surface area contributed by atoms with Crippen molar-refractivity contribution in [2.24, 2.45) is 5.92 Å². The summed E-state index contributed by atoms with van der Waals surface area (Å²) in [6.45, 7) is 3.61. The number of nitrogens with zero attached hydrogens (tertiary/aromatic N) is 3. The fourth-order valence-corrected chi connectivity index (χ4v) is 2.71. The van der Waals surface area contributed by atoms with Crippen molar-refractivity contribution in [2.75, 3.05) is 45.7 Å². The molecule has 4 nitrogen and oxygen atoms in total. The minimum atomic E-state index is -0.203. The molecule has 106 valence electrons. The van der Waals surface area contributed by atoms with Gasteiger partial charge in [0.1, 0.15) is 0 Å².